The van der Waals surface area contributed by atoms with Gasteiger partial charge in [-0.1, -0.05) is 0 Å². The molecule has 1 atom stereocenters. The molecule has 20 heavy (non-hydrogen) atoms. The fraction of sp³-hybridized carbons (Fsp3) is 0.545. The molecule has 1 aromatic heterocycles. The van der Waals surface area contributed by atoms with E-state index in [0.29, 0.717) is 13.1 Å². The van der Waals surface area contributed by atoms with Gasteiger partial charge in [0, 0.05) is 26.3 Å². The predicted octanol–water partition coefficient (Wildman–Crippen LogP) is 0.941. The molecule has 2 rings (SSSR count). The fourth-order valence-corrected chi connectivity index (χ4v) is 3.62. The maximum absolute atomic E-state index is 12.3. The summed E-state index contributed by atoms with van der Waals surface area (Å²) in [5.74, 6) is -0.431. The lowest BCUT2D eigenvalue weighted by molar-refractivity contribution is 0.0251. The van der Waals surface area contributed by atoms with E-state index in [1.807, 2.05) is 0 Å². The highest BCUT2D eigenvalue weighted by molar-refractivity contribution is 9.10. The van der Waals surface area contributed by atoms with Crippen LogP contribution in [0.3, 0.4) is 0 Å². The molecule has 0 spiro atoms. The summed E-state index contributed by atoms with van der Waals surface area (Å²) in [5.41, 5.74) is 0. The van der Waals surface area contributed by atoms with Gasteiger partial charge in [-0.25, -0.2) is 13.6 Å². The Hall–Kier alpha value is -0.900. The first-order valence-electron chi connectivity index (χ1n) is 5.97. The van der Waals surface area contributed by atoms with Gasteiger partial charge in [-0.15, -0.1) is 0 Å². The molecule has 1 saturated heterocycles. The highest BCUT2D eigenvalue weighted by Gasteiger charge is 2.28. The number of sulfonamides is 1. The Labute approximate surface area is 125 Å². The van der Waals surface area contributed by atoms with Crippen molar-refractivity contribution < 1.29 is 22.4 Å². The van der Waals surface area contributed by atoms with Crippen LogP contribution in [0.15, 0.2) is 20.0 Å². The van der Waals surface area contributed by atoms with E-state index in [1.165, 1.54) is 0 Å². The number of methoxy groups -OCH3 is 1. The number of primary sulfonamides is 1. The van der Waals surface area contributed by atoms with Crippen LogP contribution in [-0.4, -0.2) is 45.5 Å². The molecule has 1 aliphatic heterocycles. The lowest BCUT2D eigenvalue weighted by Crippen LogP contribution is -2.42. The minimum absolute atomic E-state index is 0.0104. The van der Waals surface area contributed by atoms with E-state index in [0.717, 1.165) is 18.9 Å². The first-order chi connectivity index (χ1) is 9.32. The number of hydrogen-bond donors (Lipinski definition) is 1. The Morgan fingerprint density at radius 2 is 2.30 bits per heavy atom. The quantitative estimate of drug-likeness (QED) is 0.857. The van der Waals surface area contributed by atoms with Gasteiger partial charge in [-0.2, -0.15) is 0 Å². The van der Waals surface area contributed by atoms with E-state index in [4.69, 9.17) is 14.3 Å². The number of furan rings is 1. The zero-order chi connectivity index (χ0) is 14.9. The zero-order valence-electron chi connectivity index (χ0n) is 10.8. The van der Waals surface area contributed by atoms with E-state index in [2.05, 4.69) is 15.9 Å². The van der Waals surface area contributed by atoms with Gasteiger partial charge < -0.3 is 14.1 Å². The molecule has 0 saturated carbocycles. The van der Waals surface area contributed by atoms with Crippen molar-refractivity contribution in [1.82, 2.24) is 4.90 Å². The molecule has 1 unspecified atom stereocenters. The number of halogens is 1. The molecule has 0 bridgehead atoms. The van der Waals surface area contributed by atoms with Crippen molar-refractivity contribution in [3.8, 4) is 0 Å². The van der Waals surface area contributed by atoms with Crippen LogP contribution in [-0.2, 0) is 14.8 Å². The minimum atomic E-state index is -3.93. The SMILES string of the molecule is COC1CCCN(C(=O)c2cc(S(N)(=O)=O)c(Br)o2)C1. The lowest BCUT2D eigenvalue weighted by Gasteiger charge is -2.31. The molecule has 1 fully saturated rings. The molecule has 9 heteroatoms. The number of amides is 1. The zero-order valence-corrected chi connectivity index (χ0v) is 13.2. The Kier molecular flexibility index (Phi) is 4.52. The summed E-state index contributed by atoms with van der Waals surface area (Å²) in [7, 11) is -2.33. The second-order valence-electron chi connectivity index (χ2n) is 4.54. The number of hydrogen-bond acceptors (Lipinski definition) is 5. The molecule has 0 radical (unpaired) electrons. The van der Waals surface area contributed by atoms with Crippen molar-refractivity contribution in [1.29, 1.82) is 0 Å². The van der Waals surface area contributed by atoms with Crippen LogP contribution in [0.1, 0.15) is 23.4 Å². The fourth-order valence-electron chi connectivity index (χ4n) is 2.12. The summed E-state index contributed by atoms with van der Waals surface area (Å²) < 4.78 is 32.9. The number of piperidine rings is 1. The molecule has 0 aromatic carbocycles. The smallest absolute Gasteiger partial charge is 0.289 e. The van der Waals surface area contributed by atoms with Gasteiger partial charge in [0.2, 0.25) is 10.0 Å². The third-order valence-electron chi connectivity index (χ3n) is 3.17. The van der Waals surface area contributed by atoms with Gasteiger partial charge in [-0.3, -0.25) is 4.79 Å². The maximum Gasteiger partial charge on any atom is 0.289 e. The first kappa shape index (κ1) is 15.5. The van der Waals surface area contributed by atoms with Crippen molar-refractivity contribution in [3.05, 3.63) is 16.5 Å². The average molecular weight is 367 g/mol. The van der Waals surface area contributed by atoms with Crippen molar-refractivity contribution in [2.75, 3.05) is 20.2 Å². The van der Waals surface area contributed by atoms with E-state index in [-0.39, 0.29) is 27.3 Å². The van der Waals surface area contributed by atoms with Crippen molar-refractivity contribution in [3.63, 3.8) is 0 Å². The molecule has 112 valence electrons. The summed E-state index contributed by atoms with van der Waals surface area (Å²) in [6.45, 7) is 1.04. The highest BCUT2D eigenvalue weighted by atomic mass is 79.9. The molecule has 0 aliphatic carbocycles. The summed E-state index contributed by atoms with van der Waals surface area (Å²) in [6, 6.07) is 1.14. The Balaban J connectivity index is 2.22. The van der Waals surface area contributed by atoms with Gasteiger partial charge in [-0.05, 0) is 28.8 Å². The highest BCUT2D eigenvalue weighted by Crippen LogP contribution is 2.26. The van der Waals surface area contributed by atoms with Crippen LogP contribution < -0.4 is 5.14 Å². The topological polar surface area (TPSA) is 103 Å². The van der Waals surface area contributed by atoms with Crippen LogP contribution in [0, 0.1) is 0 Å². The molecule has 1 aliphatic rings. The van der Waals surface area contributed by atoms with Crippen LogP contribution >= 0.6 is 15.9 Å². The Morgan fingerprint density at radius 1 is 1.60 bits per heavy atom. The number of carbonyl (C=O) groups is 1. The number of likely N-dealkylation sites (tertiary alicyclic amines) is 1. The standard InChI is InChI=1S/C11H15BrN2O5S/c1-18-7-3-2-4-14(6-7)11(15)8-5-9(10(12)19-8)20(13,16)17/h5,7H,2-4,6H2,1H3,(H2,13,16,17). The number of carbonyl (C=O) groups excluding carboxylic acids is 1. The van der Waals surface area contributed by atoms with E-state index < -0.39 is 10.0 Å². The first-order valence-corrected chi connectivity index (χ1v) is 8.31. The average Bonchev–Trinajstić information content (AvgIpc) is 2.80. The number of rotatable bonds is 3. The van der Waals surface area contributed by atoms with E-state index in [9.17, 15) is 13.2 Å². The monoisotopic (exact) mass is 366 g/mol. The largest absolute Gasteiger partial charge is 0.443 e. The van der Waals surface area contributed by atoms with Gasteiger partial charge in [0.25, 0.3) is 5.91 Å². The molecule has 7 nitrogen and oxygen atoms in total. The summed E-state index contributed by atoms with van der Waals surface area (Å²) in [6.07, 6.45) is 1.71. The minimum Gasteiger partial charge on any atom is -0.443 e. The normalized spacial score (nSPS) is 20.1. The third-order valence-corrected chi connectivity index (χ3v) is 4.94. The molecule has 1 aromatic rings. The number of nitrogens with zero attached hydrogens (tertiary/aromatic N) is 1. The van der Waals surface area contributed by atoms with Crippen LogP contribution in [0.4, 0.5) is 0 Å². The van der Waals surface area contributed by atoms with E-state index >= 15 is 0 Å². The Bertz CT molecular complexity index is 612. The maximum atomic E-state index is 12.3. The third kappa shape index (κ3) is 3.22. The summed E-state index contributed by atoms with van der Waals surface area (Å²) in [5, 5.41) is 5.03. The number of nitrogens with two attached hydrogens (primary N) is 1. The molecular weight excluding hydrogens is 352 g/mol. The summed E-state index contributed by atoms with van der Waals surface area (Å²) >= 11 is 2.95. The lowest BCUT2D eigenvalue weighted by atomic mass is 10.1. The van der Waals surface area contributed by atoms with E-state index in [1.54, 1.807) is 12.0 Å². The molecular formula is C11H15BrN2O5S. The Morgan fingerprint density at radius 3 is 2.85 bits per heavy atom. The van der Waals surface area contributed by atoms with Gasteiger partial charge in [0.05, 0.1) is 6.10 Å². The van der Waals surface area contributed by atoms with Crippen molar-refractivity contribution >= 4 is 31.9 Å². The van der Waals surface area contributed by atoms with Gasteiger partial charge in [0.15, 0.2) is 10.4 Å². The number of ether oxygens (including phenoxy) is 1. The second kappa shape index (κ2) is 5.84. The van der Waals surface area contributed by atoms with Crippen molar-refractivity contribution in [2.45, 2.75) is 23.8 Å². The molecule has 2 heterocycles. The predicted molar refractivity (Wildman–Crippen MR) is 73.7 cm³/mol. The van der Waals surface area contributed by atoms with Crippen LogP contribution in [0.2, 0.25) is 0 Å². The molecule has 2 N–H and O–H groups in total. The van der Waals surface area contributed by atoms with Crippen LogP contribution in [0.25, 0.3) is 0 Å². The van der Waals surface area contributed by atoms with Gasteiger partial charge >= 0.3 is 0 Å². The summed E-state index contributed by atoms with van der Waals surface area (Å²) in [4.78, 5) is 13.6. The second-order valence-corrected chi connectivity index (χ2v) is 6.79. The molecule has 1 amide bonds. The van der Waals surface area contributed by atoms with Gasteiger partial charge in [0.1, 0.15) is 4.90 Å². The van der Waals surface area contributed by atoms with Crippen LogP contribution in [0.5, 0.6) is 0 Å². The van der Waals surface area contributed by atoms with Crippen molar-refractivity contribution in [2.24, 2.45) is 5.14 Å².